The van der Waals surface area contributed by atoms with Crippen molar-refractivity contribution in [3.63, 3.8) is 0 Å². The van der Waals surface area contributed by atoms with E-state index in [0.717, 1.165) is 0 Å². The molecule has 0 atom stereocenters. The van der Waals surface area contributed by atoms with Crippen molar-refractivity contribution < 1.29 is 4.92 Å². The van der Waals surface area contributed by atoms with Crippen LogP contribution in [0.3, 0.4) is 0 Å². The molecule has 10 heavy (non-hydrogen) atoms. The van der Waals surface area contributed by atoms with Crippen LogP contribution in [0, 0.1) is 20.8 Å². The predicted molar refractivity (Wildman–Crippen MR) is 37.1 cm³/mol. The largest absolute Gasteiger partial charge is 0.396 e. The van der Waals surface area contributed by atoms with E-state index in [1.54, 1.807) is 5.40 Å². The Bertz CT molecular complexity index is 213. The zero-order valence-corrected chi connectivity index (χ0v) is 6.01. The monoisotopic (exact) mass is 159 g/mol. The lowest BCUT2D eigenvalue weighted by molar-refractivity contribution is -0.411. The molecule has 0 radical (unpaired) electrons. The van der Waals surface area contributed by atoms with Crippen LogP contribution in [-0.2, 0) is 0 Å². The lowest BCUT2D eigenvalue weighted by Gasteiger charge is -1.91. The summed E-state index contributed by atoms with van der Waals surface area (Å²) in [7, 11) is 0. The predicted octanol–water partition coefficient (Wildman–Crippen LogP) is 0.625. The number of thioether (sulfide) groups is 1. The molecule has 0 aromatic rings. The summed E-state index contributed by atoms with van der Waals surface area (Å²) in [6.45, 7) is 1.38. The van der Waals surface area contributed by atoms with Gasteiger partial charge in [-0.2, -0.15) is 5.26 Å². The summed E-state index contributed by atoms with van der Waals surface area (Å²) in [5.74, 6) is 0. The molecule has 0 spiro atoms. The van der Waals surface area contributed by atoms with Crippen molar-refractivity contribution in [3.8, 4) is 5.40 Å². The number of hydrogen-bond donors (Lipinski definition) is 1. The quantitative estimate of drug-likeness (QED) is 0.362. The Labute approximate surface area is 61.7 Å². The van der Waals surface area contributed by atoms with Crippen LogP contribution in [-0.4, -0.2) is 4.92 Å². The molecule has 0 heterocycles. The van der Waals surface area contributed by atoms with Crippen LogP contribution in [0.4, 0.5) is 0 Å². The van der Waals surface area contributed by atoms with Gasteiger partial charge >= 0.3 is 5.03 Å². The molecule has 0 aliphatic heterocycles. The second-order valence-corrected chi connectivity index (χ2v) is 2.21. The standard InChI is InChI=1S/C4H5N3O2S/c1-3(6)4(7(8)9)10-2-5/h6H2,1H3. The van der Waals surface area contributed by atoms with Gasteiger partial charge in [-0.3, -0.25) is 10.1 Å². The fraction of sp³-hybridized carbons (Fsp3) is 0.250. The fourth-order valence-electron chi connectivity index (χ4n) is 0.305. The average Bonchev–Trinajstić information content (AvgIpc) is 1.81. The fourth-order valence-corrected chi connectivity index (χ4v) is 0.627. The summed E-state index contributed by atoms with van der Waals surface area (Å²) in [5.41, 5.74) is 5.14. The number of nitrogens with zero attached hydrogens (tertiary/aromatic N) is 2. The number of nitriles is 1. The van der Waals surface area contributed by atoms with E-state index in [1.165, 1.54) is 6.92 Å². The summed E-state index contributed by atoms with van der Waals surface area (Å²) in [5, 5.41) is 19.3. The van der Waals surface area contributed by atoms with Gasteiger partial charge in [0.25, 0.3) is 0 Å². The second-order valence-electron chi connectivity index (χ2n) is 1.44. The molecule has 0 aromatic heterocycles. The van der Waals surface area contributed by atoms with Crippen molar-refractivity contribution in [2.75, 3.05) is 0 Å². The van der Waals surface area contributed by atoms with Gasteiger partial charge in [0.1, 0.15) is 5.40 Å². The van der Waals surface area contributed by atoms with Crippen LogP contribution in [0.2, 0.25) is 0 Å². The minimum atomic E-state index is -0.677. The summed E-state index contributed by atoms with van der Waals surface area (Å²) in [4.78, 5) is 9.35. The molecule has 5 nitrogen and oxygen atoms in total. The number of nitrogens with two attached hydrogens (primary N) is 1. The van der Waals surface area contributed by atoms with Gasteiger partial charge in [-0.1, -0.05) is 0 Å². The SMILES string of the molecule is CC(N)=C(SC#N)[N+](=O)[O-]. The van der Waals surface area contributed by atoms with Crippen LogP contribution in [0.25, 0.3) is 0 Å². The summed E-state index contributed by atoms with van der Waals surface area (Å²) in [6.07, 6.45) is 0. The smallest absolute Gasteiger partial charge is 0.335 e. The minimum absolute atomic E-state index is 0.0524. The molecule has 2 N–H and O–H groups in total. The third-order valence-corrected chi connectivity index (χ3v) is 1.40. The molecule has 6 heteroatoms. The third-order valence-electron chi connectivity index (χ3n) is 0.645. The van der Waals surface area contributed by atoms with Gasteiger partial charge < -0.3 is 5.73 Å². The van der Waals surface area contributed by atoms with Gasteiger partial charge in [0, 0.05) is 0 Å². The molecular weight excluding hydrogens is 154 g/mol. The first-order valence-electron chi connectivity index (χ1n) is 2.26. The molecule has 0 unspecified atom stereocenters. The molecule has 0 fully saturated rings. The Morgan fingerprint density at radius 3 is 2.50 bits per heavy atom. The molecule has 0 amide bonds. The van der Waals surface area contributed by atoms with Crippen molar-refractivity contribution in [3.05, 3.63) is 20.8 Å². The molecular formula is C4H5N3O2S. The topological polar surface area (TPSA) is 93.0 Å². The van der Waals surface area contributed by atoms with Gasteiger partial charge in [-0.25, -0.2) is 0 Å². The van der Waals surface area contributed by atoms with Gasteiger partial charge in [-0.05, 0) is 6.92 Å². The van der Waals surface area contributed by atoms with Gasteiger partial charge in [0.2, 0.25) is 0 Å². The number of nitro groups is 1. The van der Waals surface area contributed by atoms with E-state index in [-0.39, 0.29) is 10.7 Å². The van der Waals surface area contributed by atoms with Gasteiger partial charge in [-0.15, -0.1) is 0 Å². The van der Waals surface area contributed by atoms with E-state index in [1.807, 2.05) is 0 Å². The van der Waals surface area contributed by atoms with Crippen molar-refractivity contribution in [1.29, 1.82) is 5.26 Å². The van der Waals surface area contributed by atoms with E-state index < -0.39 is 4.92 Å². The van der Waals surface area contributed by atoms with E-state index in [9.17, 15) is 10.1 Å². The number of thiocyanates is 1. The second kappa shape index (κ2) is 3.74. The maximum atomic E-state index is 10.0. The molecule has 0 saturated heterocycles. The summed E-state index contributed by atoms with van der Waals surface area (Å²) >= 11 is 0.454. The Morgan fingerprint density at radius 2 is 2.40 bits per heavy atom. The molecule has 0 saturated carbocycles. The lowest BCUT2D eigenvalue weighted by atomic mass is 10.6. The maximum absolute atomic E-state index is 10.0. The number of hydrogen-bond acceptors (Lipinski definition) is 5. The molecule has 0 rings (SSSR count). The molecule has 0 aromatic carbocycles. The van der Waals surface area contributed by atoms with E-state index in [2.05, 4.69) is 0 Å². The highest BCUT2D eigenvalue weighted by Gasteiger charge is 2.13. The van der Waals surface area contributed by atoms with Crippen LogP contribution in [0.5, 0.6) is 0 Å². The van der Waals surface area contributed by atoms with Crippen LogP contribution >= 0.6 is 11.8 Å². The number of rotatable bonds is 2. The van der Waals surface area contributed by atoms with E-state index in [0.29, 0.717) is 11.8 Å². The van der Waals surface area contributed by atoms with Crippen molar-refractivity contribution in [2.24, 2.45) is 5.73 Å². The minimum Gasteiger partial charge on any atom is -0.396 e. The zero-order valence-electron chi connectivity index (χ0n) is 5.20. The first kappa shape index (κ1) is 8.78. The molecule has 0 aliphatic rings. The van der Waals surface area contributed by atoms with E-state index >= 15 is 0 Å². The maximum Gasteiger partial charge on any atom is 0.335 e. The van der Waals surface area contributed by atoms with Crippen LogP contribution in [0.15, 0.2) is 10.7 Å². The van der Waals surface area contributed by atoms with Gasteiger partial charge in [0.05, 0.1) is 22.4 Å². The van der Waals surface area contributed by atoms with Gasteiger partial charge in [0.15, 0.2) is 0 Å². The Kier molecular flexibility index (Phi) is 3.28. The highest BCUT2D eigenvalue weighted by atomic mass is 32.2. The highest BCUT2D eigenvalue weighted by Crippen LogP contribution is 2.15. The average molecular weight is 159 g/mol. The highest BCUT2D eigenvalue weighted by molar-refractivity contribution is 8.07. The molecule has 54 valence electrons. The normalized spacial score (nSPS) is 11.6. The first-order valence-corrected chi connectivity index (χ1v) is 3.08. The third kappa shape index (κ3) is 2.37. The van der Waals surface area contributed by atoms with E-state index in [4.69, 9.17) is 11.0 Å². The summed E-state index contributed by atoms with van der Waals surface area (Å²) < 4.78 is 0. The van der Waals surface area contributed by atoms with Crippen LogP contribution < -0.4 is 5.73 Å². The Hall–Kier alpha value is -1.22. The summed E-state index contributed by atoms with van der Waals surface area (Å²) in [6, 6.07) is 0. The molecule has 0 aliphatic carbocycles. The first-order chi connectivity index (χ1) is 4.59. The van der Waals surface area contributed by atoms with Crippen molar-refractivity contribution >= 4 is 11.8 Å². The Balaban J connectivity index is 4.48. The van der Waals surface area contributed by atoms with Crippen molar-refractivity contribution in [1.82, 2.24) is 0 Å². The lowest BCUT2D eigenvalue weighted by Crippen LogP contribution is -2.03. The number of allylic oxidation sites excluding steroid dienone is 1. The molecule has 0 bridgehead atoms. The Morgan fingerprint density at radius 1 is 1.90 bits per heavy atom. The van der Waals surface area contributed by atoms with Crippen LogP contribution in [0.1, 0.15) is 6.92 Å². The van der Waals surface area contributed by atoms with Crippen molar-refractivity contribution in [2.45, 2.75) is 6.92 Å². The zero-order chi connectivity index (χ0) is 8.15.